The molecule has 1 heterocycles. The van der Waals surface area contributed by atoms with E-state index in [1.807, 2.05) is 12.3 Å². The standard InChI is InChI=1S/C13H12ClN3O3S/c1-8(13-15-4-5-21-13)7-16-12(18)10-6-9(14)2-3-11(10)17(19)20/h2-6,8H,7H2,1H3,(H,16,18). The van der Waals surface area contributed by atoms with Crippen LogP contribution in [0.3, 0.4) is 0 Å². The number of carbonyl (C=O) groups is 1. The summed E-state index contributed by atoms with van der Waals surface area (Å²) >= 11 is 7.30. The lowest BCUT2D eigenvalue weighted by molar-refractivity contribution is -0.385. The van der Waals surface area contributed by atoms with Crippen LogP contribution in [0.2, 0.25) is 5.02 Å². The number of amides is 1. The molecule has 2 aromatic rings. The van der Waals surface area contributed by atoms with Crippen LogP contribution in [-0.2, 0) is 0 Å². The number of hydrogen-bond acceptors (Lipinski definition) is 5. The van der Waals surface area contributed by atoms with Crippen molar-refractivity contribution >= 4 is 34.5 Å². The van der Waals surface area contributed by atoms with Crippen molar-refractivity contribution in [2.75, 3.05) is 6.54 Å². The van der Waals surface area contributed by atoms with E-state index in [1.165, 1.54) is 29.5 Å². The number of halogens is 1. The molecule has 0 radical (unpaired) electrons. The molecule has 1 atom stereocenters. The van der Waals surface area contributed by atoms with Gasteiger partial charge in [-0.2, -0.15) is 0 Å². The molecular weight excluding hydrogens is 314 g/mol. The normalized spacial score (nSPS) is 11.9. The van der Waals surface area contributed by atoms with Gasteiger partial charge in [0, 0.05) is 35.1 Å². The average Bonchev–Trinajstić information content (AvgIpc) is 2.98. The summed E-state index contributed by atoms with van der Waals surface area (Å²) in [6.45, 7) is 2.27. The summed E-state index contributed by atoms with van der Waals surface area (Å²) in [6.07, 6.45) is 1.69. The monoisotopic (exact) mass is 325 g/mol. The number of thiazole rings is 1. The van der Waals surface area contributed by atoms with Crippen molar-refractivity contribution in [1.82, 2.24) is 10.3 Å². The topological polar surface area (TPSA) is 85.1 Å². The minimum atomic E-state index is -0.602. The summed E-state index contributed by atoms with van der Waals surface area (Å²) < 4.78 is 0. The van der Waals surface area contributed by atoms with Crippen molar-refractivity contribution in [1.29, 1.82) is 0 Å². The molecule has 110 valence electrons. The summed E-state index contributed by atoms with van der Waals surface area (Å²) in [6, 6.07) is 3.90. The summed E-state index contributed by atoms with van der Waals surface area (Å²) in [5.74, 6) is -0.486. The van der Waals surface area contributed by atoms with Gasteiger partial charge in [-0.05, 0) is 12.1 Å². The lowest BCUT2D eigenvalue weighted by Crippen LogP contribution is -2.28. The second kappa shape index (κ2) is 6.64. The van der Waals surface area contributed by atoms with E-state index in [1.54, 1.807) is 6.20 Å². The molecule has 1 aromatic carbocycles. The number of rotatable bonds is 5. The molecule has 0 bridgehead atoms. The molecule has 0 saturated heterocycles. The van der Waals surface area contributed by atoms with Gasteiger partial charge in [-0.25, -0.2) is 4.98 Å². The Bertz CT molecular complexity index is 661. The van der Waals surface area contributed by atoms with Crippen LogP contribution in [0.15, 0.2) is 29.8 Å². The third kappa shape index (κ3) is 3.77. The zero-order chi connectivity index (χ0) is 15.4. The van der Waals surface area contributed by atoms with E-state index in [4.69, 9.17) is 11.6 Å². The Morgan fingerprint density at radius 3 is 2.95 bits per heavy atom. The molecule has 0 spiro atoms. The number of carbonyl (C=O) groups excluding carboxylic acids is 1. The van der Waals surface area contributed by atoms with Crippen LogP contribution in [-0.4, -0.2) is 22.4 Å². The second-order valence-electron chi connectivity index (χ2n) is 4.40. The van der Waals surface area contributed by atoms with Crippen molar-refractivity contribution in [3.63, 3.8) is 0 Å². The molecule has 0 aliphatic carbocycles. The Balaban J connectivity index is 2.10. The maximum atomic E-state index is 12.1. The number of nitro groups is 1. The van der Waals surface area contributed by atoms with Gasteiger partial charge in [0.15, 0.2) is 0 Å². The van der Waals surface area contributed by atoms with Crippen molar-refractivity contribution in [3.05, 3.63) is 55.5 Å². The van der Waals surface area contributed by atoms with Crippen LogP contribution >= 0.6 is 22.9 Å². The first-order chi connectivity index (χ1) is 9.99. The maximum Gasteiger partial charge on any atom is 0.282 e. The first kappa shape index (κ1) is 15.4. The molecule has 1 amide bonds. The smallest absolute Gasteiger partial charge is 0.282 e. The maximum absolute atomic E-state index is 12.1. The number of nitro benzene ring substituents is 1. The fourth-order valence-corrected chi connectivity index (χ4v) is 2.63. The number of hydrogen-bond donors (Lipinski definition) is 1. The molecule has 0 fully saturated rings. The fraction of sp³-hybridized carbons (Fsp3) is 0.231. The molecule has 8 heteroatoms. The van der Waals surface area contributed by atoms with Gasteiger partial charge < -0.3 is 5.32 Å². The quantitative estimate of drug-likeness (QED) is 0.675. The molecule has 0 aliphatic heterocycles. The van der Waals surface area contributed by atoms with Crippen LogP contribution in [0.5, 0.6) is 0 Å². The van der Waals surface area contributed by atoms with Gasteiger partial charge in [-0.1, -0.05) is 18.5 Å². The van der Waals surface area contributed by atoms with Crippen molar-refractivity contribution < 1.29 is 9.72 Å². The van der Waals surface area contributed by atoms with Crippen LogP contribution in [0.4, 0.5) is 5.69 Å². The largest absolute Gasteiger partial charge is 0.351 e. The summed E-state index contributed by atoms with van der Waals surface area (Å²) in [4.78, 5) is 26.6. The average molecular weight is 326 g/mol. The van der Waals surface area contributed by atoms with Gasteiger partial charge in [-0.15, -0.1) is 11.3 Å². The van der Waals surface area contributed by atoms with Gasteiger partial charge in [-0.3, -0.25) is 14.9 Å². The predicted molar refractivity (Wildman–Crippen MR) is 81.0 cm³/mol. The third-order valence-corrected chi connectivity index (χ3v) is 4.08. The van der Waals surface area contributed by atoms with Gasteiger partial charge in [0.05, 0.1) is 9.93 Å². The van der Waals surface area contributed by atoms with Crippen LogP contribution in [0.25, 0.3) is 0 Å². The van der Waals surface area contributed by atoms with E-state index in [2.05, 4.69) is 10.3 Å². The van der Waals surface area contributed by atoms with E-state index in [9.17, 15) is 14.9 Å². The Morgan fingerprint density at radius 2 is 2.33 bits per heavy atom. The van der Waals surface area contributed by atoms with Crippen molar-refractivity contribution in [2.24, 2.45) is 0 Å². The van der Waals surface area contributed by atoms with Gasteiger partial charge in [0.1, 0.15) is 5.56 Å². The molecular formula is C13H12ClN3O3S. The molecule has 0 saturated carbocycles. The SMILES string of the molecule is CC(CNC(=O)c1cc(Cl)ccc1[N+](=O)[O-])c1nccs1. The summed E-state index contributed by atoms with van der Waals surface area (Å²) in [5.41, 5.74) is -0.308. The van der Waals surface area contributed by atoms with E-state index < -0.39 is 10.8 Å². The third-order valence-electron chi connectivity index (χ3n) is 2.84. The van der Waals surface area contributed by atoms with Crippen LogP contribution in [0.1, 0.15) is 28.2 Å². The highest BCUT2D eigenvalue weighted by Gasteiger charge is 2.21. The Kier molecular flexibility index (Phi) is 4.87. The highest BCUT2D eigenvalue weighted by molar-refractivity contribution is 7.09. The lowest BCUT2D eigenvalue weighted by atomic mass is 10.1. The first-order valence-electron chi connectivity index (χ1n) is 6.10. The molecule has 21 heavy (non-hydrogen) atoms. The first-order valence-corrected chi connectivity index (χ1v) is 7.36. The number of nitrogens with one attached hydrogen (secondary N) is 1. The minimum absolute atomic E-state index is 0.0344. The Labute approximate surface area is 129 Å². The zero-order valence-electron chi connectivity index (χ0n) is 11.1. The summed E-state index contributed by atoms with van der Waals surface area (Å²) in [5, 5.41) is 16.6. The Hall–Kier alpha value is -1.99. The van der Waals surface area contributed by atoms with E-state index >= 15 is 0 Å². The van der Waals surface area contributed by atoms with E-state index in [0.717, 1.165) is 5.01 Å². The Morgan fingerprint density at radius 1 is 1.57 bits per heavy atom. The highest BCUT2D eigenvalue weighted by atomic mass is 35.5. The summed E-state index contributed by atoms with van der Waals surface area (Å²) in [7, 11) is 0. The number of nitrogens with zero attached hydrogens (tertiary/aromatic N) is 2. The number of benzene rings is 1. The molecule has 1 N–H and O–H groups in total. The molecule has 1 unspecified atom stereocenters. The van der Waals surface area contributed by atoms with Gasteiger partial charge in [0.2, 0.25) is 0 Å². The van der Waals surface area contributed by atoms with Crippen molar-refractivity contribution in [3.8, 4) is 0 Å². The lowest BCUT2D eigenvalue weighted by Gasteiger charge is -2.10. The second-order valence-corrected chi connectivity index (χ2v) is 5.76. The van der Waals surface area contributed by atoms with Crippen molar-refractivity contribution in [2.45, 2.75) is 12.8 Å². The van der Waals surface area contributed by atoms with Gasteiger partial charge in [0.25, 0.3) is 11.6 Å². The van der Waals surface area contributed by atoms with Gasteiger partial charge >= 0.3 is 0 Å². The fourth-order valence-electron chi connectivity index (χ4n) is 1.76. The van der Waals surface area contributed by atoms with Crippen LogP contribution in [0, 0.1) is 10.1 Å². The molecule has 0 aliphatic rings. The van der Waals surface area contributed by atoms with E-state index in [-0.39, 0.29) is 22.2 Å². The predicted octanol–water partition coefficient (Wildman–Crippen LogP) is 3.24. The number of aromatic nitrogens is 1. The van der Waals surface area contributed by atoms with Crippen LogP contribution < -0.4 is 5.32 Å². The minimum Gasteiger partial charge on any atom is -0.351 e. The van der Waals surface area contributed by atoms with E-state index in [0.29, 0.717) is 6.54 Å². The highest BCUT2D eigenvalue weighted by Crippen LogP contribution is 2.23. The molecule has 2 rings (SSSR count). The zero-order valence-corrected chi connectivity index (χ0v) is 12.6. The molecule has 6 nitrogen and oxygen atoms in total. The molecule has 1 aromatic heterocycles.